The fourth-order valence-corrected chi connectivity index (χ4v) is 4.13. The van der Waals surface area contributed by atoms with Crippen molar-refractivity contribution in [3.05, 3.63) is 0 Å². The van der Waals surface area contributed by atoms with E-state index in [9.17, 15) is 0 Å². The second kappa shape index (κ2) is 21.5. The number of nitrogens with zero attached hydrogens (tertiary/aromatic N) is 1. The first kappa shape index (κ1) is 28.5. The van der Waals surface area contributed by atoms with E-state index in [2.05, 4.69) is 27.7 Å². The minimum Gasteiger partial charge on any atom is -1.00 e. The molecule has 1 nitrogen and oxygen atoms in total. The SMILES string of the molecule is CCCCCCCCCC[N+](CC)(CC)CCCCCCCCCC.[Cl-]. The summed E-state index contributed by atoms with van der Waals surface area (Å²) in [5.74, 6) is 0. The highest BCUT2D eigenvalue weighted by atomic mass is 35.5. The molecule has 0 radical (unpaired) electrons. The lowest BCUT2D eigenvalue weighted by atomic mass is 10.1. The van der Waals surface area contributed by atoms with Gasteiger partial charge >= 0.3 is 0 Å². The van der Waals surface area contributed by atoms with Crippen LogP contribution >= 0.6 is 0 Å². The number of hydrogen-bond donors (Lipinski definition) is 0. The average Bonchev–Trinajstić information content (AvgIpc) is 2.64. The second-order valence-electron chi connectivity index (χ2n) is 8.37. The van der Waals surface area contributed by atoms with E-state index in [-0.39, 0.29) is 12.4 Å². The van der Waals surface area contributed by atoms with Gasteiger partial charge in [-0.3, -0.25) is 0 Å². The number of hydrogen-bond acceptors (Lipinski definition) is 0. The highest BCUT2D eigenvalue weighted by molar-refractivity contribution is 4.50. The molecule has 2 heteroatoms. The van der Waals surface area contributed by atoms with Crippen LogP contribution in [-0.4, -0.2) is 30.7 Å². The average molecular weight is 390 g/mol. The molecule has 0 aliphatic carbocycles. The molecule has 0 amide bonds. The zero-order chi connectivity index (χ0) is 18.6. The Morgan fingerprint density at radius 1 is 0.385 bits per heavy atom. The van der Waals surface area contributed by atoms with Crippen LogP contribution in [0.4, 0.5) is 0 Å². The zero-order valence-electron chi connectivity index (χ0n) is 19.0. The van der Waals surface area contributed by atoms with Crippen LogP contribution in [-0.2, 0) is 0 Å². The Morgan fingerprint density at radius 3 is 0.923 bits per heavy atom. The van der Waals surface area contributed by atoms with Gasteiger partial charge < -0.3 is 16.9 Å². The smallest absolute Gasteiger partial charge is 0.0786 e. The molecule has 0 unspecified atom stereocenters. The van der Waals surface area contributed by atoms with Crippen LogP contribution in [0.25, 0.3) is 0 Å². The van der Waals surface area contributed by atoms with Gasteiger partial charge in [0, 0.05) is 0 Å². The van der Waals surface area contributed by atoms with Gasteiger partial charge in [-0.25, -0.2) is 0 Å². The molecular weight excluding hydrogens is 338 g/mol. The van der Waals surface area contributed by atoms with Crippen molar-refractivity contribution in [2.75, 3.05) is 26.2 Å². The maximum atomic E-state index is 2.42. The van der Waals surface area contributed by atoms with Crippen molar-refractivity contribution in [2.45, 2.75) is 130 Å². The summed E-state index contributed by atoms with van der Waals surface area (Å²) in [6, 6.07) is 0. The van der Waals surface area contributed by atoms with Crippen LogP contribution < -0.4 is 12.4 Å². The lowest BCUT2D eigenvalue weighted by molar-refractivity contribution is -0.925. The first-order chi connectivity index (χ1) is 12.2. The van der Waals surface area contributed by atoms with Gasteiger partial charge in [0.2, 0.25) is 0 Å². The van der Waals surface area contributed by atoms with E-state index >= 15 is 0 Å². The Morgan fingerprint density at radius 2 is 0.654 bits per heavy atom. The first-order valence-electron chi connectivity index (χ1n) is 12.1. The van der Waals surface area contributed by atoms with E-state index < -0.39 is 0 Å². The predicted molar refractivity (Wildman–Crippen MR) is 116 cm³/mol. The van der Waals surface area contributed by atoms with E-state index in [0.717, 1.165) is 0 Å². The van der Waals surface area contributed by atoms with Crippen molar-refractivity contribution >= 4 is 0 Å². The van der Waals surface area contributed by atoms with E-state index in [1.165, 1.54) is 133 Å². The van der Waals surface area contributed by atoms with Crippen molar-refractivity contribution in [1.82, 2.24) is 0 Å². The van der Waals surface area contributed by atoms with Crippen LogP contribution in [0.3, 0.4) is 0 Å². The molecule has 0 N–H and O–H groups in total. The number of unbranched alkanes of at least 4 members (excludes halogenated alkanes) is 14. The van der Waals surface area contributed by atoms with Gasteiger partial charge in [-0.15, -0.1) is 0 Å². The molecule has 0 aliphatic heterocycles. The van der Waals surface area contributed by atoms with Crippen LogP contribution in [0.5, 0.6) is 0 Å². The summed E-state index contributed by atoms with van der Waals surface area (Å²) in [6.45, 7) is 15.0. The summed E-state index contributed by atoms with van der Waals surface area (Å²) in [5.41, 5.74) is 0. The molecule has 0 aromatic heterocycles. The Hall–Kier alpha value is 0.250. The Labute approximate surface area is 173 Å². The third-order valence-corrected chi connectivity index (χ3v) is 6.31. The second-order valence-corrected chi connectivity index (χ2v) is 8.37. The van der Waals surface area contributed by atoms with Crippen molar-refractivity contribution in [2.24, 2.45) is 0 Å². The monoisotopic (exact) mass is 389 g/mol. The Kier molecular flexibility index (Phi) is 23.6. The van der Waals surface area contributed by atoms with Crippen molar-refractivity contribution in [1.29, 1.82) is 0 Å². The van der Waals surface area contributed by atoms with Gasteiger partial charge in [0.15, 0.2) is 0 Å². The molecule has 0 bridgehead atoms. The summed E-state index contributed by atoms with van der Waals surface area (Å²) >= 11 is 0. The molecule has 160 valence electrons. The van der Waals surface area contributed by atoms with E-state index in [1.54, 1.807) is 0 Å². The van der Waals surface area contributed by atoms with Gasteiger partial charge in [-0.1, -0.05) is 90.9 Å². The van der Waals surface area contributed by atoms with Gasteiger partial charge in [0.25, 0.3) is 0 Å². The number of rotatable bonds is 20. The van der Waals surface area contributed by atoms with Crippen LogP contribution in [0.1, 0.15) is 130 Å². The lowest BCUT2D eigenvalue weighted by Crippen LogP contribution is -3.00. The molecule has 26 heavy (non-hydrogen) atoms. The minimum absolute atomic E-state index is 0. The molecule has 0 fully saturated rings. The molecule has 0 aromatic rings. The third kappa shape index (κ3) is 16.4. The summed E-state index contributed by atoms with van der Waals surface area (Å²) in [7, 11) is 0. The largest absolute Gasteiger partial charge is 1.00 e. The Bertz CT molecular complexity index is 229. The van der Waals surface area contributed by atoms with E-state index in [0.29, 0.717) is 0 Å². The molecule has 0 spiro atoms. The predicted octanol–water partition coefficient (Wildman–Crippen LogP) is 5.13. The zero-order valence-corrected chi connectivity index (χ0v) is 19.7. The maximum absolute atomic E-state index is 2.42. The minimum atomic E-state index is 0. The summed E-state index contributed by atoms with van der Waals surface area (Å²) in [4.78, 5) is 0. The van der Waals surface area contributed by atoms with E-state index in [1.807, 2.05) is 0 Å². The summed E-state index contributed by atoms with van der Waals surface area (Å²) < 4.78 is 1.38. The van der Waals surface area contributed by atoms with E-state index in [4.69, 9.17) is 0 Å². The molecule has 0 saturated heterocycles. The maximum Gasteiger partial charge on any atom is 0.0786 e. The fraction of sp³-hybridized carbons (Fsp3) is 1.00. The molecule has 0 atom stereocenters. The Balaban J connectivity index is 0. The van der Waals surface area contributed by atoms with Crippen molar-refractivity contribution in [3.8, 4) is 0 Å². The first-order valence-corrected chi connectivity index (χ1v) is 12.1. The van der Waals surface area contributed by atoms with Gasteiger partial charge in [-0.05, 0) is 39.5 Å². The quantitative estimate of drug-likeness (QED) is 0.200. The molecule has 0 rings (SSSR count). The molecule has 0 heterocycles. The fourth-order valence-electron chi connectivity index (χ4n) is 4.13. The molecular formula is C24H52ClN. The van der Waals surface area contributed by atoms with Crippen molar-refractivity contribution in [3.63, 3.8) is 0 Å². The summed E-state index contributed by atoms with van der Waals surface area (Å²) in [5, 5.41) is 0. The van der Waals surface area contributed by atoms with Crippen LogP contribution in [0.2, 0.25) is 0 Å². The van der Waals surface area contributed by atoms with Crippen molar-refractivity contribution < 1.29 is 16.9 Å². The summed E-state index contributed by atoms with van der Waals surface area (Å²) in [6.07, 6.45) is 23.1. The standard InChI is InChI=1S/C24H52N.ClH/c1-5-9-11-13-15-17-19-21-23-25(7-3,8-4)24-22-20-18-16-14-12-10-6-2;/h5-24H2,1-4H3;1H/q+1;/p-1. The normalized spacial score (nSPS) is 11.5. The van der Waals surface area contributed by atoms with Crippen LogP contribution in [0.15, 0.2) is 0 Å². The van der Waals surface area contributed by atoms with Gasteiger partial charge in [0.05, 0.1) is 26.2 Å². The van der Waals surface area contributed by atoms with Gasteiger partial charge in [-0.2, -0.15) is 0 Å². The third-order valence-electron chi connectivity index (χ3n) is 6.31. The highest BCUT2D eigenvalue weighted by Crippen LogP contribution is 2.16. The molecule has 0 saturated carbocycles. The van der Waals surface area contributed by atoms with Crippen LogP contribution in [0, 0.1) is 0 Å². The number of quaternary nitrogens is 1. The lowest BCUT2D eigenvalue weighted by Gasteiger charge is -2.37. The topological polar surface area (TPSA) is 0 Å². The molecule has 0 aromatic carbocycles. The number of halogens is 1. The highest BCUT2D eigenvalue weighted by Gasteiger charge is 2.21. The van der Waals surface area contributed by atoms with Gasteiger partial charge in [0.1, 0.15) is 0 Å². The molecule has 0 aliphatic rings.